The zero-order chi connectivity index (χ0) is 23.1. The van der Waals surface area contributed by atoms with Gasteiger partial charge in [-0.3, -0.25) is 9.59 Å². The maximum Gasteiger partial charge on any atom is 0.261 e. The number of hydrogen-bond acceptors (Lipinski definition) is 4. The molecule has 1 unspecified atom stereocenters. The number of anilines is 1. The summed E-state index contributed by atoms with van der Waals surface area (Å²) in [5.74, 6) is -1.28. The summed E-state index contributed by atoms with van der Waals surface area (Å²) in [7, 11) is 0. The van der Waals surface area contributed by atoms with E-state index >= 15 is 0 Å². The zero-order valence-electron chi connectivity index (χ0n) is 18.2. The van der Waals surface area contributed by atoms with Crippen LogP contribution in [0.2, 0.25) is 0 Å². The van der Waals surface area contributed by atoms with E-state index in [0.29, 0.717) is 34.6 Å². The Kier molecular flexibility index (Phi) is 5.12. The Morgan fingerprint density at radius 3 is 2.73 bits per heavy atom. The normalized spacial score (nSPS) is 16.5. The van der Waals surface area contributed by atoms with E-state index in [1.165, 1.54) is 6.07 Å². The number of aryl methyl sites for hydroxylation is 1. The first kappa shape index (κ1) is 20.8. The van der Waals surface area contributed by atoms with Crippen molar-refractivity contribution in [2.24, 2.45) is 0 Å². The van der Waals surface area contributed by atoms with Crippen LogP contribution >= 0.6 is 0 Å². The van der Waals surface area contributed by atoms with Crippen LogP contribution < -0.4 is 10.2 Å². The van der Waals surface area contributed by atoms with Crippen LogP contribution in [0.3, 0.4) is 0 Å². The van der Waals surface area contributed by atoms with Crippen molar-refractivity contribution in [2.75, 3.05) is 4.90 Å². The van der Waals surface area contributed by atoms with Crippen molar-refractivity contribution in [3.05, 3.63) is 95.2 Å². The van der Waals surface area contributed by atoms with Crippen LogP contribution in [0.25, 0.3) is 5.65 Å². The van der Waals surface area contributed by atoms with Gasteiger partial charge in [-0.2, -0.15) is 5.10 Å². The summed E-state index contributed by atoms with van der Waals surface area (Å²) in [6.45, 7) is 3.61. The van der Waals surface area contributed by atoms with E-state index in [2.05, 4.69) is 15.4 Å². The van der Waals surface area contributed by atoms with Crippen molar-refractivity contribution in [1.29, 1.82) is 0 Å². The summed E-state index contributed by atoms with van der Waals surface area (Å²) in [5, 5.41) is 7.39. The second-order valence-corrected chi connectivity index (χ2v) is 8.17. The van der Waals surface area contributed by atoms with Gasteiger partial charge in [0.15, 0.2) is 5.65 Å². The van der Waals surface area contributed by atoms with Gasteiger partial charge >= 0.3 is 0 Å². The fraction of sp³-hybridized carbons (Fsp3) is 0.200. The van der Waals surface area contributed by atoms with Crippen LogP contribution in [0.15, 0.2) is 67.0 Å². The molecule has 0 saturated heterocycles. The van der Waals surface area contributed by atoms with Crippen LogP contribution in [0.4, 0.5) is 10.1 Å². The lowest BCUT2D eigenvalue weighted by atomic mass is 9.89. The molecule has 2 atom stereocenters. The molecule has 8 heteroatoms. The summed E-state index contributed by atoms with van der Waals surface area (Å²) in [4.78, 5) is 32.6. The Morgan fingerprint density at radius 2 is 1.94 bits per heavy atom. The number of hydrogen-bond donors (Lipinski definition) is 1. The molecular formula is C25H22FN5O2. The molecule has 1 aliphatic rings. The summed E-state index contributed by atoms with van der Waals surface area (Å²) in [5.41, 5.74) is 2.78. The van der Waals surface area contributed by atoms with Crippen LogP contribution in [0.5, 0.6) is 0 Å². The molecule has 5 rings (SSSR count). The molecule has 3 heterocycles. The maximum absolute atomic E-state index is 14.6. The van der Waals surface area contributed by atoms with Crippen LogP contribution in [0, 0.1) is 12.7 Å². The van der Waals surface area contributed by atoms with Crippen molar-refractivity contribution in [1.82, 2.24) is 19.9 Å². The number of nitrogens with zero attached hydrogens (tertiary/aromatic N) is 4. The topological polar surface area (TPSA) is 79.6 Å². The molecule has 0 spiro atoms. The van der Waals surface area contributed by atoms with Gasteiger partial charge in [-0.15, -0.1) is 0 Å². The first-order valence-corrected chi connectivity index (χ1v) is 10.7. The summed E-state index contributed by atoms with van der Waals surface area (Å²) >= 11 is 0. The van der Waals surface area contributed by atoms with Gasteiger partial charge in [-0.05, 0) is 50.1 Å². The Morgan fingerprint density at radius 1 is 1.15 bits per heavy atom. The van der Waals surface area contributed by atoms with E-state index in [9.17, 15) is 14.0 Å². The predicted molar refractivity (Wildman–Crippen MR) is 122 cm³/mol. The van der Waals surface area contributed by atoms with Gasteiger partial charge in [0, 0.05) is 24.1 Å². The average molecular weight is 443 g/mol. The highest BCUT2D eigenvalue weighted by Gasteiger charge is 2.38. The second kappa shape index (κ2) is 8.12. The first-order valence-electron chi connectivity index (χ1n) is 10.7. The lowest BCUT2D eigenvalue weighted by molar-refractivity contribution is 0.0905. The van der Waals surface area contributed by atoms with Gasteiger partial charge in [0.1, 0.15) is 11.4 Å². The quantitative estimate of drug-likeness (QED) is 0.523. The molecule has 0 saturated carbocycles. The minimum absolute atomic E-state index is 0.0822. The van der Waals surface area contributed by atoms with E-state index in [1.54, 1.807) is 46.9 Å². The molecule has 33 heavy (non-hydrogen) atoms. The monoisotopic (exact) mass is 443 g/mol. The van der Waals surface area contributed by atoms with Crippen molar-refractivity contribution in [2.45, 2.75) is 32.4 Å². The third-order valence-corrected chi connectivity index (χ3v) is 6.06. The molecular weight excluding hydrogens is 421 g/mol. The Balaban J connectivity index is 1.51. The Labute approximate surface area is 189 Å². The van der Waals surface area contributed by atoms with E-state index < -0.39 is 23.8 Å². The number of rotatable bonds is 4. The SMILES string of the molecule is Cc1nn2cccnc2c1C(=O)N[C@@H](C)C1Cc2cccc(F)c2C(=O)N1c1ccccc1. The summed E-state index contributed by atoms with van der Waals surface area (Å²) < 4.78 is 16.2. The number of halogens is 1. The van der Waals surface area contributed by atoms with E-state index in [-0.39, 0.29) is 11.5 Å². The predicted octanol–water partition coefficient (Wildman–Crippen LogP) is 3.57. The smallest absolute Gasteiger partial charge is 0.261 e. The minimum Gasteiger partial charge on any atom is -0.347 e. The third-order valence-electron chi connectivity index (χ3n) is 6.06. The van der Waals surface area contributed by atoms with E-state index in [4.69, 9.17) is 0 Å². The van der Waals surface area contributed by atoms with Crippen LogP contribution in [0.1, 0.15) is 38.9 Å². The molecule has 0 aliphatic carbocycles. The first-order chi connectivity index (χ1) is 16.0. The van der Waals surface area contributed by atoms with E-state index in [1.807, 2.05) is 37.3 Å². The molecule has 0 fully saturated rings. The molecule has 1 aliphatic heterocycles. The van der Waals surface area contributed by atoms with Gasteiger partial charge < -0.3 is 10.2 Å². The molecule has 2 aromatic carbocycles. The maximum atomic E-state index is 14.6. The zero-order valence-corrected chi connectivity index (χ0v) is 18.2. The van der Waals surface area contributed by atoms with Gasteiger partial charge in [-0.1, -0.05) is 30.3 Å². The highest BCUT2D eigenvalue weighted by molar-refractivity contribution is 6.09. The van der Waals surface area contributed by atoms with Gasteiger partial charge in [-0.25, -0.2) is 13.9 Å². The minimum atomic E-state index is -0.540. The lowest BCUT2D eigenvalue weighted by Gasteiger charge is -2.40. The fourth-order valence-electron chi connectivity index (χ4n) is 4.50. The number of carbonyl (C=O) groups is 2. The van der Waals surface area contributed by atoms with Crippen molar-refractivity contribution in [3.8, 4) is 0 Å². The number of carbonyl (C=O) groups excluding carboxylic acids is 2. The number of amides is 2. The van der Waals surface area contributed by atoms with Crippen molar-refractivity contribution >= 4 is 23.1 Å². The Bertz CT molecular complexity index is 1370. The second-order valence-electron chi connectivity index (χ2n) is 8.17. The number of nitrogens with one attached hydrogen (secondary N) is 1. The number of fused-ring (bicyclic) bond motifs is 2. The molecule has 0 radical (unpaired) electrons. The molecule has 0 bridgehead atoms. The fourth-order valence-corrected chi connectivity index (χ4v) is 4.50. The summed E-state index contributed by atoms with van der Waals surface area (Å²) in [6, 6.07) is 14.7. The third kappa shape index (κ3) is 3.53. The largest absolute Gasteiger partial charge is 0.347 e. The molecule has 7 nitrogen and oxygen atoms in total. The number of aromatic nitrogens is 3. The summed E-state index contributed by atoms with van der Waals surface area (Å²) in [6.07, 6.45) is 3.75. The molecule has 2 amide bonds. The number of benzene rings is 2. The lowest BCUT2D eigenvalue weighted by Crippen LogP contribution is -2.56. The van der Waals surface area contributed by atoms with Crippen molar-refractivity contribution in [3.63, 3.8) is 0 Å². The average Bonchev–Trinajstić information content (AvgIpc) is 3.15. The van der Waals surface area contributed by atoms with Gasteiger partial charge in [0.25, 0.3) is 11.8 Å². The number of para-hydroxylation sites is 1. The Hall–Kier alpha value is -4.07. The molecule has 2 aromatic heterocycles. The van der Waals surface area contributed by atoms with Gasteiger partial charge in [0.2, 0.25) is 0 Å². The van der Waals surface area contributed by atoms with E-state index in [0.717, 1.165) is 0 Å². The van der Waals surface area contributed by atoms with Crippen LogP contribution in [-0.2, 0) is 6.42 Å². The molecule has 166 valence electrons. The van der Waals surface area contributed by atoms with Crippen LogP contribution in [-0.4, -0.2) is 38.5 Å². The van der Waals surface area contributed by atoms with Gasteiger partial charge in [0.05, 0.1) is 17.3 Å². The standard InChI is InChI=1S/C25H22FN5O2/c1-15(28-24(32)21-16(2)29-30-13-7-12-27-23(21)30)20-14-17-8-6-11-19(26)22(17)25(33)31(20)18-9-4-3-5-10-18/h3-13,15,20H,14H2,1-2H3,(H,28,32)/t15-,20?/m0/s1. The highest BCUT2D eigenvalue weighted by atomic mass is 19.1. The van der Waals surface area contributed by atoms with Crippen molar-refractivity contribution < 1.29 is 14.0 Å². The highest BCUT2D eigenvalue weighted by Crippen LogP contribution is 2.31. The molecule has 4 aromatic rings. The molecule has 1 N–H and O–H groups in total.